The fraction of sp³-hybridized carbons (Fsp3) is 0.154. The van der Waals surface area contributed by atoms with Gasteiger partial charge in [-0.25, -0.2) is 9.59 Å². The number of fused-ring (bicyclic) bond motifs is 1. The lowest BCUT2D eigenvalue weighted by molar-refractivity contribution is -0.275. The maximum Gasteiger partial charge on any atom is 0.331 e. The lowest BCUT2D eigenvalue weighted by atomic mass is 9.99. The van der Waals surface area contributed by atoms with Crippen LogP contribution < -0.4 is 10.2 Å². The van der Waals surface area contributed by atoms with Gasteiger partial charge in [-0.3, -0.25) is 4.79 Å². The number of hydrogen-bond acceptors (Lipinski definition) is 14. The summed E-state index contributed by atoms with van der Waals surface area (Å²) in [6.07, 6.45) is -2.91. The molecule has 6 rings (SSSR count). The van der Waals surface area contributed by atoms with Crippen LogP contribution in [0.1, 0.15) is 18.1 Å². The van der Waals surface area contributed by atoms with Crippen LogP contribution in [0.3, 0.4) is 0 Å². The Labute approximate surface area is 300 Å². The molecule has 5 atom stereocenters. The third-order valence-electron chi connectivity index (χ3n) is 8.15. The number of carbonyl (C=O) groups is 2. The Bertz CT molecular complexity index is 2240. The molecular weight excluding hydrogens is 692 g/mol. The largest absolute Gasteiger partial charge is 0.508 e. The Kier molecular flexibility index (Phi) is 10.4. The first-order valence-corrected chi connectivity index (χ1v) is 16.0. The summed E-state index contributed by atoms with van der Waals surface area (Å²) in [4.78, 5) is 40.0. The Morgan fingerprint density at radius 2 is 1.21 bits per heavy atom. The van der Waals surface area contributed by atoms with E-state index in [-0.39, 0.29) is 39.5 Å². The van der Waals surface area contributed by atoms with Crippen LogP contribution in [0.2, 0.25) is 0 Å². The Morgan fingerprint density at radius 3 is 1.75 bits per heavy atom. The second-order valence-corrected chi connectivity index (χ2v) is 11.9. The van der Waals surface area contributed by atoms with Crippen molar-refractivity contribution in [3.63, 3.8) is 0 Å². The Hall–Kier alpha value is -6.77. The summed E-state index contributed by atoms with van der Waals surface area (Å²) in [7, 11) is 0. The molecule has 6 N–H and O–H groups in total. The molecule has 5 aromatic rings. The molecule has 53 heavy (non-hydrogen) atoms. The number of phenols is 5. The summed E-state index contributed by atoms with van der Waals surface area (Å²) >= 11 is 0. The van der Waals surface area contributed by atoms with Crippen LogP contribution in [-0.2, 0) is 23.8 Å². The van der Waals surface area contributed by atoms with Gasteiger partial charge in [0.05, 0.1) is 6.10 Å². The highest BCUT2D eigenvalue weighted by atomic mass is 16.7. The third-order valence-corrected chi connectivity index (χ3v) is 8.15. The maximum atomic E-state index is 13.9. The second-order valence-electron chi connectivity index (χ2n) is 11.9. The number of carbonyl (C=O) groups excluding carboxylic acids is 2. The zero-order valence-corrected chi connectivity index (χ0v) is 27.7. The zero-order valence-electron chi connectivity index (χ0n) is 27.7. The first kappa shape index (κ1) is 36.0. The molecule has 14 nitrogen and oxygen atoms in total. The van der Waals surface area contributed by atoms with Gasteiger partial charge in [-0.1, -0.05) is 24.3 Å². The molecule has 0 amide bonds. The molecule has 1 fully saturated rings. The molecule has 0 bridgehead atoms. The minimum Gasteiger partial charge on any atom is -0.508 e. The molecule has 0 spiro atoms. The van der Waals surface area contributed by atoms with Crippen LogP contribution in [0, 0.1) is 0 Å². The van der Waals surface area contributed by atoms with E-state index in [1.165, 1.54) is 67.6 Å². The molecule has 0 radical (unpaired) electrons. The normalized spacial score (nSPS) is 20.1. The summed E-state index contributed by atoms with van der Waals surface area (Å²) < 4.78 is 29.0. The first-order valence-electron chi connectivity index (χ1n) is 16.0. The van der Waals surface area contributed by atoms with E-state index in [1.807, 2.05) is 0 Å². The molecule has 2 heterocycles. The number of hydrogen-bond donors (Lipinski definition) is 6. The number of esters is 2. The number of aliphatic hydroxyl groups is 1. The fourth-order valence-electron chi connectivity index (χ4n) is 5.52. The summed E-state index contributed by atoms with van der Waals surface area (Å²) in [6, 6.07) is 19.3. The van der Waals surface area contributed by atoms with Gasteiger partial charge in [0.15, 0.2) is 24.1 Å². The van der Waals surface area contributed by atoms with Gasteiger partial charge in [-0.05, 0) is 78.7 Å². The lowest BCUT2D eigenvalue weighted by Gasteiger charge is -2.41. The summed E-state index contributed by atoms with van der Waals surface area (Å²) in [5.74, 6) is -3.72. The van der Waals surface area contributed by atoms with Crippen molar-refractivity contribution in [2.75, 3.05) is 0 Å². The molecule has 0 unspecified atom stereocenters. The lowest BCUT2D eigenvalue weighted by Crippen LogP contribution is -2.61. The molecule has 1 aliphatic rings. The van der Waals surface area contributed by atoms with E-state index in [0.29, 0.717) is 11.1 Å². The van der Waals surface area contributed by atoms with Crippen molar-refractivity contribution in [3.8, 4) is 45.8 Å². The molecule has 4 aromatic carbocycles. The van der Waals surface area contributed by atoms with Crippen molar-refractivity contribution < 1.29 is 63.6 Å². The van der Waals surface area contributed by atoms with Crippen molar-refractivity contribution in [2.24, 2.45) is 0 Å². The van der Waals surface area contributed by atoms with E-state index in [9.17, 15) is 45.0 Å². The van der Waals surface area contributed by atoms with Crippen LogP contribution in [0.4, 0.5) is 0 Å². The molecule has 1 saturated heterocycles. The second kappa shape index (κ2) is 15.2. The molecule has 0 saturated carbocycles. The molecule has 272 valence electrons. The van der Waals surface area contributed by atoms with Crippen LogP contribution in [0.15, 0.2) is 106 Å². The number of aromatic hydroxyl groups is 5. The van der Waals surface area contributed by atoms with Gasteiger partial charge in [0, 0.05) is 29.8 Å². The SMILES string of the molecule is C[C@@H]1O[C@@H](Oc2c(-c3ccc(O)cc3)oc3cc(O)cc(O)c3c2=O)[C@H](O)[C@H](OC(=O)C=Cc2ccc(O)cc2)[C@H]1OC(=O)C=Cc1ccc(O)cc1. The van der Waals surface area contributed by atoms with Crippen molar-refractivity contribution in [1.82, 2.24) is 0 Å². The highest BCUT2D eigenvalue weighted by Gasteiger charge is 2.49. The molecule has 0 aliphatic carbocycles. The summed E-state index contributed by atoms with van der Waals surface area (Å²) in [5, 5.41) is 60.8. The van der Waals surface area contributed by atoms with E-state index >= 15 is 0 Å². The maximum absolute atomic E-state index is 13.9. The van der Waals surface area contributed by atoms with Gasteiger partial charge in [-0.2, -0.15) is 0 Å². The average molecular weight is 725 g/mol. The van der Waals surface area contributed by atoms with E-state index in [1.54, 1.807) is 24.3 Å². The Morgan fingerprint density at radius 1 is 0.698 bits per heavy atom. The quantitative estimate of drug-likeness (QED) is 0.0894. The van der Waals surface area contributed by atoms with Gasteiger partial charge in [0.1, 0.15) is 39.7 Å². The van der Waals surface area contributed by atoms with Gasteiger partial charge in [0.25, 0.3) is 0 Å². The van der Waals surface area contributed by atoms with Crippen molar-refractivity contribution in [3.05, 3.63) is 118 Å². The van der Waals surface area contributed by atoms with Crippen LogP contribution in [0.25, 0.3) is 34.4 Å². The predicted octanol–water partition coefficient (Wildman–Crippen LogP) is 4.72. The summed E-state index contributed by atoms with van der Waals surface area (Å²) in [6.45, 7) is 1.45. The topological polar surface area (TPSA) is 223 Å². The van der Waals surface area contributed by atoms with Gasteiger partial charge >= 0.3 is 11.9 Å². The number of rotatable bonds is 9. The highest BCUT2D eigenvalue weighted by Crippen LogP contribution is 2.38. The predicted molar refractivity (Wildman–Crippen MR) is 188 cm³/mol. The number of phenolic OH excluding ortho intramolecular Hbond substituents is 5. The van der Waals surface area contributed by atoms with Gasteiger partial charge in [0.2, 0.25) is 17.5 Å². The minimum absolute atomic E-state index is 0.0154. The van der Waals surface area contributed by atoms with Crippen molar-refractivity contribution >= 4 is 35.1 Å². The van der Waals surface area contributed by atoms with Crippen LogP contribution >= 0.6 is 0 Å². The van der Waals surface area contributed by atoms with E-state index < -0.39 is 65.3 Å². The Balaban J connectivity index is 1.34. The smallest absolute Gasteiger partial charge is 0.331 e. The number of benzene rings is 4. The van der Waals surface area contributed by atoms with Crippen molar-refractivity contribution in [1.29, 1.82) is 0 Å². The third kappa shape index (κ3) is 8.25. The van der Waals surface area contributed by atoms with E-state index in [2.05, 4.69) is 0 Å². The monoisotopic (exact) mass is 724 g/mol. The number of ether oxygens (including phenoxy) is 4. The van der Waals surface area contributed by atoms with Crippen LogP contribution in [-0.4, -0.2) is 73.3 Å². The zero-order chi connectivity index (χ0) is 37.8. The summed E-state index contributed by atoms with van der Waals surface area (Å²) in [5.41, 5.74) is 0.177. The molecular formula is C39H32O14. The minimum atomic E-state index is -1.91. The van der Waals surface area contributed by atoms with Gasteiger partial charge in [-0.15, -0.1) is 0 Å². The van der Waals surface area contributed by atoms with E-state index in [0.717, 1.165) is 24.3 Å². The molecule has 1 aliphatic heterocycles. The standard InChI is InChI=1S/C39H32O14/c1-20-35(51-30(45)16-6-21-2-10-24(40)11-3-21)38(52-31(46)17-7-22-4-12-25(41)13-5-22)34(48)39(49-20)53-37-33(47)32-28(44)18-27(43)19-29(32)50-36(37)23-8-14-26(42)15-9-23/h2-20,34-35,38-44,48H,1H3/t20-,34+,35-,38-,39-/m0/s1. The number of aliphatic hydroxyl groups excluding tert-OH is 1. The fourth-order valence-corrected chi connectivity index (χ4v) is 5.52. The average Bonchev–Trinajstić information content (AvgIpc) is 3.12. The van der Waals surface area contributed by atoms with Gasteiger partial charge < -0.3 is 54.0 Å². The first-order chi connectivity index (χ1) is 25.4. The van der Waals surface area contributed by atoms with E-state index in [4.69, 9.17) is 23.4 Å². The molecule has 1 aromatic heterocycles. The highest BCUT2D eigenvalue weighted by molar-refractivity contribution is 5.89. The van der Waals surface area contributed by atoms with Crippen molar-refractivity contribution in [2.45, 2.75) is 37.6 Å². The van der Waals surface area contributed by atoms with Crippen LogP contribution in [0.5, 0.6) is 34.5 Å². The molecule has 14 heteroatoms.